The van der Waals surface area contributed by atoms with Crippen molar-refractivity contribution in [2.45, 2.75) is 25.7 Å². The summed E-state index contributed by atoms with van der Waals surface area (Å²) in [6.07, 6.45) is 7.76. The van der Waals surface area contributed by atoms with Crippen LogP contribution in [0.25, 0.3) is 0 Å². The quantitative estimate of drug-likeness (QED) is 0.365. The molecule has 0 rings (SSSR count). The van der Waals surface area contributed by atoms with Crippen molar-refractivity contribution < 1.29 is 17.1 Å². The van der Waals surface area contributed by atoms with Crippen molar-refractivity contribution in [1.29, 1.82) is 0 Å². The molecule has 66 valence electrons. The Morgan fingerprint density at radius 1 is 1.09 bits per heavy atom. The zero-order chi connectivity index (χ0) is 8.24. The maximum absolute atomic E-state index is 3.64. The van der Waals surface area contributed by atoms with Gasteiger partial charge >= 0.3 is 17.1 Å². The predicted octanol–water partition coefficient (Wildman–Crippen LogP) is 3.42. The van der Waals surface area contributed by atoms with Gasteiger partial charge in [0.25, 0.3) is 0 Å². The summed E-state index contributed by atoms with van der Waals surface area (Å²) >= 11 is 0. The Morgan fingerprint density at radius 2 is 1.55 bits per heavy atom. The molecule has 0 nitrogen and oxygen atoms in total. The van der Waals surface area contributed by atoms with Crippen LogP contribution in [0, 0.1) is 27.2 Å². The van der Waals surface area contributed by atoms with Gasteiger partial charge in [0.1, 0.15) is 0 Å². The van der Waals surface area contributed by atoms with Gasteiger partial charge in [-0.3, -0.25) is 0 Å². The first-order chi connectivity index (χ1) is 4.83. The summed E-state index contributed by atoms with van der Waals surface area (Å²) in [6.45, 7) is 14.2. The first-order valence-corrected chi connectivity index (χ1v) is 3.65. The Labute approximate surface area is 82.9 Å². The van der Waals surface area contributed by atoms with Gasteiger partial charge in [0, 0.05) is 0 Å². The van der Waals surface area contributed by atoms with Gasteiger partial charge in [0.15, 0.2) is 0 Å². The summed E-state index contributed by atoms with van der Waals surface area (Å²) < 4.78 is 0. The number of rotatable bonds is 4. The molecule has 0 spiro atoms. The molecule has 0 aromatic heterocycles. The first kappa shape index (κ1) is 17.3. The second kappa shape index (κ2) is 22.5. The average molecular weight is 194 g/mol. The topological polar surface area (TPSA) is 0 Å². The maximum Gasteiger partial charge on any atom is 4.00 e. The van der Waals surface area contributed by atoms with Crippen molar-refractivity contribution in [3.63, 3.8) is 0 Å². The van der Waals surface area contributed by atoms with Crippen LogP contribution < -0.4 is 0 Å². The van der Waals surface area contributed by atoms with E-state index in [1.54, 1.807) is 6.08 Å². The van der Waals surface area contributed by atoms with E-state index in [9.17, 15) is 0 Å². The molecule has 0 aliphatic rings. The molecule has 0 aromatic carbocycles. The van der Waals surface area contributed by atoms with Gasteiger partial charge in [0.2, 0.25) is 0 Å². The molecule has 0 bridgehead atoms. The van der Waals surface area contributed by atoms with E-state index < -0.39 is 0 Å². The third-order valence-electron chi connectivity index (χ3n) is 0.787. The van der Waals surface area contributed by atoms with E-state index >= 15 is 0 Å². The van der Waals surface area contributed by atoms with E-state index in [1.807, 2.05) is 6.42 Å². The van der Waals surface area contributed by atoms with E-state index in [0.29, 0.717) is 0 Å². The first-order valence-electron chi connectivity index (χ1n) is 3.65. The van der Waals surface area contributed by atoms with E-state index in [-0.39, 0.29) is 17.1 Å². The van der Waals surface area contributed by atoms with Gasteiger partial charge in [-0.2, -0.15) is 6.42 Å². The largest absolute Gasteiger partial charge is 4.00 e. The Morgan fingerprint density at radius 3 is 1.64 bits per heavy atom. The molecular weight excluding hydrogens is 176 g/mol. The summed E-state index contributed by atoms with van der Waals surface area (Å²) in [5.74, 6) is 0. The Hall–Kier alpha value is 0.129. The second-order valence-electron chi connectivity index (χ2n) is 1.82. The predicted molar refractivity (Wildman–Crippen MR) is 49.0 cm³/mol. The van der Waals surface area contributed by atoms with Crippen LogP contribution in [0.5, 0.6) is 0 Å². The van der Waals surface area contributed by atoms with Crippen molar-refractivity contribution in [2.75, 3.05) is 0 Å². The second-order valence-corrected chi connectivity index (χ2v) is 1.82. The van der Waals surface area contributed by atoms with Crippen LogP contribution in [-0.4, -0.2) is 0 Å². The fourth-order valence-corrected chi connectivity index (χ4v) is 0.236. The molecule has 0 atom stereocenters. The molecule has 0 heterocycles. The minimum absolute atomic E-state index is 0. The fourth-order valence-electron chi connectivity index (χ4n) is 0.236. The van der Waals surface area contributed by atoms with Gasteiger partial charge in [-0.15, -0.1) is 6.42 Å². The average Bonchev–Trinajstić information content (AvgIpc) is 2.01. The van der Waals surface area contributed by atoms with E-state index in [2.05, 4.69) is 27.4 Å². The van der Waals surface area contributed by atoms with Gasteiger partial charge in [0.05, 0.1) is 0 Å². The molecule has 0 fully saturated rings. The maximum atomic E-state index is 3.64. The fraction of sp³-hybridized carbons (Fsp3) is 0.400. The van der Waals surface area contributed by atoms with Crippen molar-refractivity contribution in [3.05, 3.63) is 39.8 Å². The third kappa shape index (κ3) is 39.3. The van der Waals surface area contributed by atoms with Gasteiger partial charge < -0.3 is 20.8 Å². The summed E-state index contributed by atoms with van der Waals surface area (Å²) in [5, 5.41) is 0. The minimum Gasteiger partial charge on any atom is -0.346 e. The van der Waals surface area contributed by atoms with Crippen molar-refractivity contribution in [3.8, 4) is 0 Å². The number of unbranched alkanes of at least 4 members (excludes halogenated alkanes) is 3. The smallest absolute Gasteiger partial charge is 0.346 e. The summed E-state index contributed by atoms with van der Waals surface area (Å²) in [5.41, 5.74) is 0. The van der Waals surface area contributed by atoms with Crippen molar-refractivity contribution in [2.24, 2.45) is 0 Å². The molecule has 0 aliphatic carbocycles. The molecular formula is C10H18Fe. The molecule has 1 heteroatoms. The Balaban J connectivity index is -0.000000114. The van der Waals surface area contributed by atoms with Gasteiger partial charge in [-0.1, -0.05) is 0 Å². The third-order valence-corrected chi connectivity index (χ3v) is 0.787. The zero-order valence-corrected chi connectivity index (χ0v) is 8.27. The van der Waals surface area contributed by atoms with Crippen molar-refractivity contribution >= 4 is 0 Å². The van der Waals surface area contributed by atoms with Crippen LogP contribution in [0.15, 0.2) is 12.7 Å². The minimum atomic E-state index is 0. The zero-order valence-electron chi connectivity index (χ0n) is 7.17. The standard InChI is InChI=1S/C6H10.C4H8.Fe/c1-3-5-6-4-2;1-3-4-2;/h3,5H,1-2,4,6H2;1-4H2;/q2*-2;+4. The van der Waals surface area contributed by atoms with E-state index in [4.69, 9.17) is 0 Å². The monoisotopic (exact) mass is 194 g/mol. The number of allylic oxidation sites excluding steroid dienone is 1. The molecule has 0 radical (unpaired) electrons. The van der Waals surface area contributed by atoms with Crippen LogP contribution in [0.1, 0.15) is 25.7 Å². The summed E-state index contributed by atoms with van der Waals surface area (Å²) in [4.78, 5) is 0. The molecule has 0 saturated heterocycles. The van der Waals surface area contributed by atoms with Crippen molar-refractivity contribution in [1.82, 2.24) is 0 Å². The van der Waals surface area contributed by atoms with Crippen LogP contribution in [0.2, 0.25) is 0 Å². The van der Waals surface area contributed by atoms with Crippen LogP contribution >= 0.6 is 0 Å². The normalized spacial score (nSPS) is 6.82. The molecule has 0 N–H and O–H groups in total. The van der Waals surface area contributed by atoms with E-state index in [0.717, 1.165) is 25.7 Å². The number of hydrogen-bond donors (Lipinski definition) is 0. The SMILES string of the molecule is C=C[CH-]CC[CH2-].[CH2-]CC[CH2-].[Fe+4]. The Kier molecular flexibility index (Phi) is 35.3. The van der Waals surface area contributed by atoms with E-state index in [1.165, 1.54) is 0 Å². The molecule has 0 aromatic rings. The van der Waals surface area contributed by atoms with Crippen LogP contribution in [0.4, 0.5) is 0 Å². The summed E-state index contributed by atoms with van der Waals surface area (Å²) in [6, 6.07) is 0. The molecule has 0 amide bonds. The summed E-state index contributed by atoms with van der Waals surface area (Å²) in [7, 11) is 0. The van der Waals surface area contributed by atoms with Gasteiger partial charge in [-0.25, -0.2) is 31.9 Å². The van der Waals surface area contributed by atoms with Crippen LogP contribution in [0.3, 0.4) is 0 Å². The Bertz CT molecular complexity index is 48.8. The van der Waals surface area contributed by atoms with Crippen LogP contribution in [-0.2, 0) is 17.1 Å². The molecule has 0 aliphatic heterocycles. The molecule has 11 heavy (non-hydrogen) atoms. The van der Waals surface area contributed by atoms with Gasteiger partial charge in [-0.05, 0) is 0 Å². The number of hydrogen-bond acceptors (Lipinski definition) is 0. The molecule has 0 saturated carbocycles. The molecule has 0 unspecified atom stereocenters.